The standard InChI is InChI=1S/C13H19N3/c1-10(13(2,3)4)15-12-7-5-6-11-14-8-9-16(11)12/h5-10,15H,1-4H3. The summed E-state index contributed by atoms with van der Waals surface area (Å²) in [7, 11) is 0. The Bertz CT molecular complexity index is 479. The smallest absolute Gasteiger partial charge is 0.138 e. The molecule has 0 aliphatic carbocycles. The number of rotatable bonds is 2. The second kappa shape index (κ2) is 3.81. The van der Waals surface area contributed by atoms with Gasteiger partial charge < -0.3 is 5.32 Å². The van der Waals surface area contributed by atoms with Gasteiger partial charge in [-0.3, -0.25) is 4.40 Å². The highest BCUT2D eigenvalue weighted by Gasteiger charge is 2.20. The first kappa shape index (κ1) is 11.0. The van der Waals surface area contributed by atoms with Crippen LogP contribution >= 0.6 is 0 Å². The van der Waals surface area contributed by atoms with Crippen molar-refractivity contribution in [3.63, 3.8) is 0 Å². The Morgan fingerprint density at radius 3 is 2.75 bits per heavy atom. The number of aromatic nitrogens is 2. The van der Waals surface area contributed by atoms with Gasteiger partial charge in [-0.05, 0) is 24.5 Å². The van der Waals surface area contributed by atoms with E-state index in [1.165, 1.54) is 0 Å². The third-order valence-electron chi connectivity index (χ3n) is 3.09. The number of fused-ring (bicyclic) bond motifs is 1. The summed E-state index contributed by atoms with van der Waals surface area (Å²) in [5.41, 5.74) is 1.22. The van der Waals surface area contributed by atoms with Gasteiger partial charge in [0.25, 0.3) is 0 Å². The van der Waals surface area contributed by atoms with E-state index in [0.717, 1.165) is 11.5 Å². The maximum Gasteiger partial charge on any atom is 0.138 e. The second-order valence-corrected chi connectivity index (χ2v) is 5.30. The van der Waals surface area contributed by atoms with Crippen molar-refractivity contribution in [3.8, 4) is 0 Å². The molecule has 2 rings (SSSR count). The van der Waals surface area contributed by atoms with E-state index in [1.807, 2.05) is 24.5 Å². The van der Waals surface area contributed by atoms with Gasteiger partial charge in [0.1, 0.15) is 11.5 Å². The Balaban J connectivity index is 2.31. The van der Waals surface area contributed by atoms with Gasteiger partial charge in [-0.1, -0.05) is 26.8 Å². The first-order valence-electron chi connectivity index (χ1n) is 5.67. The van der Waals surface area contributed by atoms with Crippen LogP contribution in [0, 0.1) is 5.41 Å². The third kappa shape index (κ3) is 2.03. The summed E-state index contributed by atoms with van der Waals surface area (Å²) in [6.07, 6.45) is 3.80. The van der Waals surface area contributed by atoms with Crippen molar-refractivity contribution in [2.24, 2.45) is 5.41 Å². The molecular weight excluding hydrogens is 198 g/mol. The van der Waals surface area contributed by atoms with Crippen LogP contribution < -0.4 is 5.32 Å². The van der Waals surface area contributed by atoms with Crippen molar-refractivity contribution in [1.29, 1.82) is 0 Å². The largest absolute Gasteiger partial charge is 0.368 e. The lowest BCUT2D eigenvalue weighted by Gasteiger charge is -2.29. The van der Waals surface area contributed by atoms with E-state index in [2.05, 4.69) is 48.5 Å². The van der Waals surface area contributed by atoms with Gasteiger partial charge in [-0.25, -0.2) is 4.98 Å². The van der Waals surface area contributed by atoms with E-state index in [1.54, 1.807) is 0 Å². The Morgan fingerprint density at radius 1 is 1.31 bits per heavy atom. The minimum absolute atomic E-state index is 0.239. The van der Waals surface area contributed by atoms with Crippen molar-refractivity contribution in [3.05, 3.63) is 30.6 Å². The van der Waals surface area contributed by atoms with Crippen LogP contribution in [0.1, 0.15) is 27.7 Å². The molecule has 0 aliphatic rings. The molecule has 2 aromatic heterocycles. The maximum absolute atomic E-state index is 4.27. The van der Waals surface area contributed by atoms with Crippen LogP contribution in [0.2, 0.25) is 0 Å². The van der Waals surface area contributed by atoms with Gasteiger partial charge in [0.2, 0.25) is 0 Å². The molecule has 0 spiro atoms. The number of anilines is 1. The molecule has 0 aromatic carbocycles. The Hall–Kier alpha value is -1.51. The summed E-state index contributed by atoms with van der Waals surface area (Å²) in [5, 5.41) is 3.53. The SMILES string of the molecule is CC(Nc1cccc2nccn12)C(C)(C)C. The summed E-state index contributed by atoms with van der Waals surface area (Å²) in [6, 6.07) is 6.52. The van der Waals surface area contributed by atoms with Crippen LogP contribution in [-0.2, 0) is 0 Å². The molecule has 1 atom stereocenters. The molecule has 3 nitrogen and oxygen atoms in total. The average molecular weight is 217 g/mol. The number of hydrogen-bond acceptors (Lipinski definition) is 2. The summed E-state index contributed by atoms with van der Waals surface area (Å²) >= 11 is 0. The first-order chi connectivity index (χ1) is 7.48. The molecule has 0 bridgehead atoms. The van der Waals surface area contributed by atoms with Gasteiger partial charge in [-0.15, -0.1) is 0 Å². The lowest BCUT2D eigenvalue weighted by atomic mass is 9.88. The number of hydrogen-bond donors (Lipinski definition) is 1. The van der Waals surface area contributed by atoms with Gasteiger partial charge in [-0.2, -0.15) is 0 Å². The molecule has 0 saturated heterocycles. The van der Waals surface area contributed by atoms with Gasteiger partial charge in [0, 0.05) is 18.4 Å². The molecule has 1 N–H and O–H groups in total. The predicted octanol–water partition coefficient (Wildman–Crippen LogP) is 3.18. The van der Waals surface area contributed by atoms with E-state index in [9.17, 15) is 0 Å². The van der Waals surface area contributed by atoms with E-state index in [0.29, 0.717) is 6.04 Å². The van der Waals surface area contributed by atoms with Gasteiger partial charge in [0.15, 0.2) is 0 Å². The normalized spacial score (nSPS) is 14.0. The van der Waals surface area contributed by atoms with Crippen LogP contribution in [0.15, 0.2) is 30.6 Å². The number of imidazole rings is 1. The molecule has 0 aliphatic heterocycles. The van der Waals surface area contributed by atoms with Crippen LogP contribution in [0.25, 0.3) is 5.65 Å². The molecule has 0 radical (unpaired) electrons. The lowest BCUT2D eigenvalue weighted by molar-refractivity contribution is 0.358. The minimum atomic E-state index is 0.239. The molecule has 86 valence electrons. The minimum Gasteiger partial charge on any atom is -0.368 e. The Kier molecular flexibility index (Phi) is 2.62. The van der Waals surface area contributed by atoms with E-state index in [4.69, 9.17) is 0 Å². The van der Waals surface area contributed by atoms with Crippen molar-refractivity contribution in [1.82, 2.24) is 9.38 Å². The number of nitrogens with zero attached hydrogens (tertiary/aromatic N) is 2. The van der Waals surface area contributed by atoms with Crippen molar-refractivity contribution in [2.45, 2.75) is 33.7 Å². The molecule has 16 heavy (non-hydrogen) atoms. The zero-order chi connectivity index (χ0) is 11.8. The lowest BCUT2D eigenvalue weighted by Crippen LogP contribution is -2.31. The summed E-state index contributed by atoms with van der Waals surface area (Å²) in [6.45, 7) is 8.91. The average Bonchev–Trinajstić information content (AvgIpc) is 2.65. The quantitative estimate of drug-likeness (QED) is 0.837. The van der Waals surface area contributed by atoms with Crippen molar-refractivity contribution < 1.29 is 0 Å². The predicted molar refractivity (Wildman–Crippen MR) is 67.7 cm³/mol. The first-order valence-corrected chi connectivity index (χ1v) is 5.67. The fourth-order valence-corrected chi connectivity index (χ4v) is 1.50. The zero-order valence-corrected chi connectivity index (χ0v) is 10.4. The summed E-state index contributed by atoms with van der Waals surface area (Å²) in [5.74, 6) is 1.09. The Morgan fingerprint density at radius 2 is 2.06 bits per heavy atom. The molecular formula is C13H19N3. The third-order valence-corrected chi connectivity index (χ3v) is 3.09. The van der Waals surface area contributed by atoms with E-state index in [-0.39, 0.29) is 5.41 Å². The molecule has 0 amide bonds. The summed E-state index contributed by atoms with van der Waals surface area (Å²) < 4.78 is 2.07. The zero-order valence-electron chi connectivity index (χ0n) is 10.4. The highest BCUT2D eigenvalue weighted by Crippen LogP contribution is 2.23. The number of nitrogens with one attached hydrogen (secondary N) is 1. The highest BCUT2D eigenvalue weighted by molar-refractivity contribution is 5.50. The van der Waals surface area contributed by atoms with Crippen LogP contribution in [0.4, 0.5) is 5.82 Å². The molecule has 2 aromatic rings. The van der Waals surface area contributed by atoms with Gasteiger partial charge >= 0.3 is 0 Å². The van der Waals surface area contributed by atoms with E-state index < -0.39 is 0 Å². The molecule has 0 fully saturated rings. The second-order valence-electron chi connectivity index (χ2n) is 5.30. The fourth-order valence-electron chi connectivity index (χ4n) is 1.50. The molecule has 3 heteroatoms. The molecule has 2 heterocycles. The summed E-state index contributed by atoms with van der Waals surface area (Å²) in [4.78, 5) is 4.27. The molecule has 1 unspecified atom stereocenters. The monoisotopic (exact) mass is 217 g/mol. The van der Waals surface area contributed by atoms with Gasteiger partial charge in [0.05, 0.1) is 0 Å². The fraction of sp³-hybridized carbons (Fsp3) is 0.462. The topological polar surface area (TPSA) is 29.3 Å². The maximum atomic E-state index is 4.27. The number of pyridine rings is 1. The molecule has 0 saturated carbocycles. The van der Waals surface area contributed by atoms with Crippen molar-refractivity contribution >= 4 is 11.5 Å². The van der Waals surface area contributed by atoms with Crippen LogP contribution in [0.3, 0.4) is 0 Å². The van der Waals surface area contributed by atoms with Crippen LogP contribution in [0.5, 0.6) is 0 Å². The Labute approximate surface area is 96.5 Å². The van der Waals surface area contributed by atoms with Crippen LogP contribution in [-0.4, -0.2) is 15.4 Å². The van der Waals surface area contributed by atoms with E-state index >= 15 is 0 Å². The highest BCUT2D eigenvalue weighted by atomic mass is 15.1. The van der Waals surface area contributed by atoms with Crippen molar-refractivity contribution in [2.75, 3.05) is 5.32 Å².